The second-order valence-electron chi connectivity index (χ2n) is 8.39. The Morgan fingerprint density at radius 2 is 1.76 bits per heavy atom. The lowest BCUT2D eigenvalue weighted by molar-refractivity contribution is -0.123. The summed E-state index contributed by atoms with van der Waals surface area (Å²) in [5.74, 6) is -0.192. The van der Waals surface area contributed by atoms with E-state index in [-0.39, 0.29) is 17.9 Å². The van der Waals surface area contributed by atoms with E-state index in [0.29, 0.717) is 48.6 Å². The molecule has 160 valence electrons. The van der Waals surface area contributed by atoms with Crippen molar-refractivity contribution < 1.29 is 23.9 Å². The molecule has 1 aliphatic rings. The van der Waals surface area contributed by atoms with Crippen LogP contribution in [0.3, 0.4) is 0 Å². The summed E-state index contributed by atoms with van der Waals surface area (Å²) in [7, 11) is 3.01. The number of pyridine rings is 1. The molecule has 29 heavy (non-hydrogen) atoms. The van der Waals surface area contributed by atoms with Gasteiger partial charge in [-0.05, 0) is 59.1 Å². The zero-order valence-corrected chi connectivity index (χ0v) is 18.4. The van der Waals surface area contributed by atoms with Crippen LogP contribution in [0.5, 0.6) is 0 Å². The van der Waals surface area contributed by atoms with Gasteiger partial charge in [-0.1, -0.05) is 0 Å². The van der Waals surface area contributed by atoms with Crippen LogP contribution in [-0.4, -0.2) is 60.7 Å². The average Bonchev–Trinajstić information content (AvgIpc) is 2.64. The van der Waals surface area contributed by atoms with Crippen LogP contribution in [0.4, 0.5) is 10.6 Å². The standard InChI is InChI=1S/C21H31N3O5/c1-13-12-16(22-14(2)17(13)19(26)28-7)23(6)18(25)15-8-10-24(11-9-15)20(27)29-21(3,4)5/h12,15H,8-11H2,1-7H3. The molecule has 0 N–H and O–H groups in total. The lowest BCUT2D eigenvalue weighted by Gasteiger charge is -2.34. The van der Waals surface area contributed by atoms with Crippen LogP contribution in [0, 0.1) is 19.8 Å². The monoisotopic (exact) mass is 405 g/mol. The van der Waals surface area contributed by atoms with E-state index >= 15 is 0 Å². The second kappa shape index (κ2) is 8.80. The minimum absolute atomic E-state index is 0.0500. The number of piperidine rings is 1. The first-order chi connectivity index (χ1) is 13.4. The van der Waals surface area contributed by atoms with Crippen LogP contribution < -0.4 is 4.90 Å². The van der Waals surface area contributed by atoms with Gasteiger partial charge in [-0.3, -0.25) is 9.69 Å². The molecule has 8 nitrogen and oxygen atoms in total. The van der Waals surface area contributed by atoms with Gasteiger partial charge in [-0.25, -0.2) is 14.6 Å². The Labute approximate surface area is 172 Å². The number of carbonyl (C=O) groups is 3. The summed E-state index contributed by atoms with van der Waals surface area (Å²) in [5, 5.41) is 0. The maximum Gasteiger partial charge on any atom is 0.410 e. The van der Waals surface area contributed by atoms with Gasteiger partial charge in [-0.15, -0.1) is 0 Å². The molecule has 2 heterocycles. The molecule has 1 aromatic heterocycles. The molecule has 0 bridgehead atoms. The maximum atomic E-state index is 13.0. The van der Waals surface area contributed by atoms with Gasteiger partial charge in [0.2, 0.25) is 5.91 Å². The summed E-state index contributed by atoms with van der Waals surface area (Å²) < 4.78 is 10.2. The Bertz CT molecular complexity index is 769. The Morgan fingerprint density at radius 1 is 1.17 bits per heavy atom. The Hall–Kier alpha value is -2.64. The fourth-order valence-corrected chi connectivity index (χ4v) is 3.42. The van der Waals surface area contributed by atoms with Gasteiger partial charge in [0.1, 0.15) is 11.4 Å². The van der Waals surface area contributed by atoms with Crippen molar-refractivity contribution in [2.75, 3.05) is 32.1 Å². The van der Waals surface area contributed by atoms with Gasteiger partial charge in [-0.2, -0.15) is 0 Å². The number of hydrogen-bond donors (Lipinski definition) is 0. The van der Waals surface area contributed by atoms with Crippen LogP contribution in [0.15, 0.2) is 6.07 Å². The third kappa shape index (κ3) is 5.46. The zero-order valence-electron chi connectivity index (χ0n) is 18.4. The third-order valence-corrected chi connectivity index (χ3v) is 4.94. The number of methoxy groups -OCH3 is 1. The van der Waals surface area contributed by atoms with Gasteiger partial charge in [0, 0.05) is 26.1 Å². The van der Waals surface area contributed by atoms with E-state index in [1.54, 1.807) is 31.9 Å². The number of esters is 1. The minimum Gasteiger partial charge on any atom is -0.465 e. The Balaban J connectivity index is 2.05. The minimum atomic E-state index is -0.540. The average molecular weight is 405 g/mol. The predicted molar refractivity (Wildman–Crippen MR) is 109 cm³/mol. The molecule has 2 rings (SSSR count). The highest BCUT2D eigenvalue weighted by atomic mass is 16.6. The number of likely N-dealkylation sites (tertiary alicyclic amines) is 1. The first kappa shape index (κ1) is 22.6. The molecule has 1 saturated heterocycles. The second-order valence-corrected chi connectivity index (χ2v) is 8.39. The van der Waals surface area contributed by atoms with Crippen LogP contribution in [0.1, 0.15) is 55.2 Å². The fraction of sp³-hybridized carbons (Fsp3) is 0.619. The van der Waals surface area contributed by atoms with Crippen molar-refractivity contribution >= 4 is 23.8 Å². The number of nitrogens with zero attached hydrogens (tertiary/aromatic N) is 3. The Morgan fingerprint density at radius 3 is 2.24 bits per heavy atom. The lowest BCUT2D eigenvalue weighted by Crippen LogP contribution is -2.45. The van der Waals surface area contributed by atoms with Crippen molar-refractivity contribution in [3.63, 3.8) is 0 Å². The van der Waals surface area contributed by atoms with E-state index in [1.807, 2.05) is 20.8 Å². The first-order valence-corrected chi connectivity index (χ1v) is 9.76. The van der Waals surface area contributed by atoms with Crippen LogP contribution in [-0.2, 0) is 14.3 Å². The summed E-state index contributed by atoms with van der Waals surface area (Å²) in [4.78, 5) is 44.6. The summed E-state index contributed by atoms with van der Waals surface area (Å²) in [6.07, 6.45) is 0.796. The summed E-state index contributed by atoms with van der Waals surface area (Å²) in [6.45, 7) is 9.97. The molecule has 0 saturated carbocycles. The number of amides is 2. The smallest absolute Gasteiger partial charge is 0.410 e. The summed E-state index contributed by atoms with van der Waals surface area (Å²) >= 11 is 0. The third-order valence-electron chi connectivity index (χ3n) is 4.94. The van der Waals surface area contributed by atoms with E-state index in [9.17, 15) is 14.4 Å². The normalized spacial score (nSPS) is 15.1. The molecule has 1 fully saturated rings. The molecule has 0 unspecified atom stereocenters. The predicted octanol–water partition coefficient (Wildman–Crippen LogP) is 3.09. The molecule has 0 atom stereocenters. The molecule has 1 aliphatic heterocycles. The molecule has 1 aromatic rings. The fourth-order valence-electron chi connectivity index (χ4n) is 3.42. The largest absolute Gasteiger partial charge is 0.465 e. The quantitative estimate of drug-likeness (QED) is 0.718. The van der Waals surface area contributed by atoms with E-state index in [4.69, 9.17) is 9.47 Å². The number of aryl methyl sites for hydroxylation is 2. The van der Waals surface area contributed by atoms with Gasteiger partial charge >= 0.3 is 12.1 Å². The van der Waals surface area contributed by atoms with Crippen LogP contribution in [0.2, 0.25) is 0 Å². The van der Waals surface area contributed by atoms with E-state index in [1.165, 1.54) is 12.0 Å². The summed E-state index contributed by atoms with van der Waals surface area (Å²) in [6, 6.07) is 1.72. The van der Waals surface area contributed by atoms with E-state index in [0.717, 1.165) is 0 Å². The SMILES string of the molecule is COC(=O)c1c(C)cc(N(C)C(=O)C2CCN(C(=O)OC(C)(C)C)CC2)nc1C. The topological polar surface area (TPSA) is 89.0 Å². The molecule has 0 radical (unpaired) electrons. The zero-order chi connectivity index (χ0) is 21.9. The van der Waals surface area contributed by atoms with Gasteiger partial charge in [0.05, 0.1) is 18.4 Å². The van der Waals surface area contributed by atoms with E-state index < -0.39 is 11.6 Å². The number of rotatable bonds is 3. The highest BCUT2D eigenvalue weighted by Crippen LogP contribution is 2.25. The molecule has 8 heteroatoms. The molecular weight excluding hydrogens is 374 g/mol. The highest BCUT2D eigenvalue weighted by molar-refractivity contribution is 5.96. The van der Waals surface area contributed by atoms with Crippen molar-refractivity contribution in [3.05, 3.63) is 22.9 Å². The van der Waals surface area contributed by atoms with Crippen molar-refractivity contribution in [1.82, 2.24) is 9.88 Å². The number of carbonyl (C=O) groups excluding carboxylic acids is 3. The maximum absolute atomic E-state index is 13.0. The van der Waals surface area contributed by atoms with Gasteiger partial charge < -0.3 is 14.4 Å². The van der Waals surface area contributed by atoms with Crippen molar-refractivity contribution in [2.24, 2.45) is 5.92 Å². The van der Waals surface area contributed by atoms with Crippen molar-refractivity contribution in [2.45, 2.75) is 53.1 Å². The van der Waals surface area contributed by atoms with E-state index in [2.05, 4.69) is 4.98 Å². The lowest BCUT2D eigenvalue weighted by atomic mass is 9.95. The molecular formula is C21H31N3O5. The number of aromatic nitrogens is 1. The van der Waals surface area contributed by atoms with Crippen molar-refractivity contribution in [1.29, 1.82) is 0 Å². The number of hydrogen-bond acceptors (Lipinski definition) is 6. The van der Waals surface area contributed by atoms with Gasteiger partial charge in [0.25, 0.3) is 0 Å². The number of anilines is 1. The molecule has 0 aromatic carbocycles. The van der Waals surface area contributed by atoms with Crippen molar-refractivity contribution in [3.8, 4) is 0 Å². The van der Waals surface area contributed by atoms with Crippen LogP contribution >= 0.6 is 0 Å². The highest BCUT2D eigenvalue weighted by Gasteiger charge is 2.32. The molecule has 0 aliphatic carbocycles. The molecule has 2 amide bonds. The molecule has 0 spiro atoms. The van der Waals surface area contributed by atoms with Crippen LogP contribution in [0.25, 0.3) is 0 Å². The number of ether oxygens (including phenoxy) is 2. The first-order valence-electron chi connectivity index (χ1n) is 9.76. The summed E-state index contributed by atoms with van der Waals surface area (Å²) in [5.41, 5.74) is 1.11. The van der Waals surface area contributed by atoms with Gasteiger partial charge in [0.15, 0.2) is 0 Å². The Kier molecular flexibility index (Phi) is 6.87.